The zero-order valence-electron chi connectivity index (χ0n) is 20.1. The molecule has 2 aromatic heterocycles. The second-order valence-electron chi connectivity index (χ2n) is 8.43. The number of primary sulfonamides is 1. The first-order valence-electron chi connectivity index (χ1n) is 10.8. The van der Waals surface area contributed by atoms with E-state index in [9.17, 15) is 13.2 Å². The number of carbonyl (C=O) groups excluding carboxylic acids is 1. The number of amides is 1. The Morgan fingerprint density at radius 1 is 1.00 bits per heavy atom. The van der Waals surface area contributed by atoms with E-state index in [4.69, 9.17) is 10.1 Å². The van der Waals surface area contributed by atoms with Crippen molar-refractivity contribution in [3.05, 3.63) is 64.6 Å². The summed E-state index contributed by atoms with van der Waals surface area (Å²) in [6, 6.07) is 10.5. The lowest BCUT2D eigenvalue weighted by molar-refractivity contribution is -0.113. The first kappa shape index (κ1) is 24.8. The molecule has 1 amide bonds. The SMILES string of the molecule is Cc1ccc2c(C)cc(C)c(-n3c(C)nnc3SCC(=O)Nc3ccc(S(N)(=O)=O)cc3C)c2n1. The van der Waals surface area contributed by atoms with Crippen molar-refractivity contribution in [2.24, 2.45) is 5.14 Å². The average molecular weight is 511 g/mol. The lowest BCUT2D eigenvalue weighted by Gasteiger charge is -2.16. The maximum atomic E-state index is 12.7. The van der Waals surface area contributed by atoms with E-state index >= 15 is 0 Å². The quantitative estimate of drug-likeness (QED) is 0.378. The summed E-state index contributed by atoms with van der Waals surface area (Å²) in [5.41, 5.74) is 5.95. The molecule has 9 nitrogen and oxygen atoms in total. The van der Waals surface area contributed by atoms with Gasteiger partial charge >= 0.3 is 0 Å². The number of benzene rings is 2. The molecule has 0 atom stereocenters. The Morgan fingerprint density at radius 3 is 2.43 bits per heavy atom. The van der Waals surface area contributed by atoms with Gasteiger partial charge in [0.2, 0.25) is 15.9 Å². The van der Waals surface area contributed by atoms with Crippen LogP contribution >= 0.6 is 11.8 Å². The second kappa shape index (κ2) is 9.40. The molecule has 2 aromatic carbocycles. The standard InChI is InChI=1S/C24H26N6O3S2/c1-13-10-15(3)23(22-19(13)8-6-16(4)26-22)30-17(5)28-29-24(30)34-12-21(31)27-20-9-7-18(11-14(20)2)35(25,32)33/h6-11H,12H2,1-5H3,(H,27,31)(H2,25,32,33). The van der Waals surface area contributed by atoms with Crippen LogP contribution in [0.2, 0.25) is 0 Å². The lowest BCUT2D eigenvalue weighted by atomic mass is 10.0. The van der Waals surface area contributed by atoms with Gasteiger partial charge in [0.25, 0.3) is 0 Å². The van der Waals surface area contributed by atoms with Gasteiger partial charge in [-0.05, 0) is 75.6 Å². The third kappa shape index (κ3) is 5.07. The number of thioether (sulfide) groups is 1. The monoisotopic (exact) mass is 510 g/mol. The molecule has 0 bridgehead atoms. The normalized spacial score (nSPS) is 11.7. The molecule has 2 heterocycles. The molecule has 182 valence electrons. The predicted molar refractivity (Wildman–Crippen MR) is 138 cm³/mol. The molecule has 4 rings (SSSR count). The van der Waals surface area contributed by atoms with Crippen LogP contribution in [0.5, 0.6) is 0 Å². The van der Waals surface area contributed by atoms with Gasteiger partial charge in [0.15, 0.2) is 5.16 Å². The zero-order chi connectivity index (χ0) is 25.5. The number of sulfonamides is 1. The summed E-state index contributed by atoms with van der Waals surface area (Å²) in [6.07, 6.45) is 0. The number of fused-ring (bicyclic) bond motifs is 1. The Hall–Kier alpha value is -3.28. The van der Waals surface area contributed by atoms with Crippen molar-refractivity contribution in [2.45, 2.75) is 44.7 Å². The minimum absolute atomic E-state index is 0.00417. The summed E-state index contributed by atoms with van der Waals surface area (Å²) in [7, 11) is -3.81. The third-order valence-electron chi connectivity index (χ3n) is 5.64. The van der Waals surface area contributed by atoms with Crippen molar-refractivity contribution in [2.75, 3.05) is 11.1 Å². The highest BCUT2D eigenvalue weighted by molar-refractivity contribution is 7.99. The van der Waals surface area contributed by atoms with Gasteiger partial charge in [0, 0.05) is 16.8 Å². The topological polar surface area (TPSA) is 133 Å². The minimum Gasteiger partial charge on any atom is -0.325 e. The maximum Gasteiger partial charge on any atom is 0.238 e. The van der Waals surface area contributed by atoms with Crippen molar-refractivity contribution < 1.29 is 13.2 Å². The maximum absolute atomic E-state index is 12.7. The van der Waals surface area contributed by atoms with E-state index in [0.29, 0.717) is 22.2 Å². The van der Waals surface area contributed by atoms with Crippen LogP contribution in [-0.2, 0) is 14.8 Å². The predicted octanol–water partition coefficient (Wildman–Crippen LogP) is 3.74. The summed E-state index contributed by atoms with van der Waals surface area (Å²) < 4.78 is 25.0. The number of nitrogens with one attached hydrogen (secondary N) is 1. The number of aryl methyl sites for hydroxylation is 5. The third-order valence-corrected chi connectivity index (χ3v) is 7.48. The highest BCUT2D eigenvalue weighted by Crippen LogP contribution is 2.32. The van der Waals surface area contributed by atoms with Crippen LogP contribution in [0.4, 0.5) is 5.69 Å². The van der Waals surface area contributed by atoms with E-state index in [1.807, 2.05) is 31.4 Å². The fourth-order valence-corrected chi connectivity index (χ4v) is 5.34. The first-order chi connectivity index (χ1) is 16.5. The van der Waals surface area contributed by atoms with Gasteiger partial charge in [-0.3, -0.25) is 14.3 Å². The summed E-state index contributed by atoms with van der Waals surface area (Å²) in [5, 5.41) is 18.2. The Labute approximate surface area is 208 Å². The summed E-state index contributed by atoms with van der Waals surface area (Å²) in [4.78, 5) is 17.5. The van der Waals surface area contributed by atoms with Crippen molar-refractivity contribution in [1.29, 1.82) is 0 Å². The molecular formula is C24H26N6O3S2. The fraction of sp³-hybridized carbons (Fsp3) is 0.250. The Kier molecular flexibility index (Phi) is 6.67. The van der Waals surface area contributed by atoms with Crippen LogP contribution in [-0.4, -0.2) is 39.8 Å². The molecule has 0 saturated carbocycles. The molecule has 3 N–H and O–H groups in total. The van der Waals surface area contributed by atoms with Crippen molar-refractivity contribution >= 4 is 44.3 Å². The molecule has 4 aromatic rings. The molecular weight excluding hydrogens is 484 g/mol. The Bertz CT molecular complexity index is 1580. The van der Waals surface area contributed by atoms with E-state index in [-0.39, 0.29) is 16.6 Å². The molecule has 11 heteroatoms. The van der Waals surface area contributed by atoms with Gasteiger partial charge in [-0.25, -0.2) is 13.6 Å². The van der Waals surface area contributed by atoms with Crippen LogP contribution in [0.25, 0.3) is 16.6 Å². The molecule has 0 saturated heterocycles. The lowest BCUT2D eigenvalue weighted by Crippen LogP contribution is -2.16. The van der Waals surface area contributed by atoms with E-state index in [1.165, 1.54) is 30.0 Å². The van der Waals surface area contributed by atoms with Crippen molar-refractivity contribution in [1.82, 2.24) is 19.7 Å². The summed E-state index contributed by atoms with van der Waals surface area (Å²) in [5.74, 6) is 0.524. The summed E-state index contributed by atoms with van der Waals surface area (Å²) in [6.45, 7) is 9.62. The van der Waals surface area contributed by atoms with Gasteiger partial charge < -0.3 is 5.32 Å². The van der Waals surface area contributed by atoms with Crippen LogP contribution in [0, 0.1) is 34.6 Å². The largest absolute Gasteiger partial charge is 0.325 e. The minimum atomic E-state index is -3.81. The highest BCUT2D eigenvalue weighted by atomic mass is 32.2. The van der Waals surface area contributed by atoms with Crippen LogP contribution in [0.3, 0.4) is 0 Å². The Balaban J connectivity index is 1.61. The highest BCUT2D eigenvalue weighted by Gasteiger charge is 2.19. The number of anilines is 1. The zero-order valence-corrected chi connectivity index (χ0v) is 21.7. The number of carbonyl (C=O) groups is 1. The van der Waals surface area contributed by atoms with Gasteiger partial charge in [-0.15, -0.1) is 10.2 Å². The number of pyridine rings is 1. The average Bonchev–Trinajstić information content (AvgIpc) is 3.13. The molecule has 0 spiro atoms. The molecule has 0 aliphatic rings. The first-order valence-corrected chi connectivity index (χ1v) is 13.3. The molecule has 35 heavy (non-hydrogen) atoms. The number of hydrogen-bond acceptors (Lipinski definition) is 7. The van der Waals surface area contributed by atoms with Crippen LogP contribution < -0.4 is 10.5 Å². The Morgan fingerprint density at radius 2 is 1.74 bits per heavy atom. The molecule has 0 radical (unpaired) electrons. The number of hydrogen-bond donors (Lipinski definition) is 2. The second-order valence-corrected chi connectivity index (χ2v) is 10.9. The van der Waals surface area contributed by atoms with Gasteiger partial charge in [0.1, 0.15) is 5.82 Å². The van der Waals surface area contributed by atoms with E-state index in [0.717, 1.165) is 33.4 Å². The molecule has 0 fully saturated rings. The van der Waals surface area contributed by atoms with Crippen LogP contribution in [0.1, 0.15) is 28.2 Å². The van der Waals surface area contributed by atoms with Gasteiger partial charge in [0.05, 0.1) is 21.9 Å². The van der Waals surface area contributed by atoms with Gasteiger partial charge in [-0.2, -0.15) is 0 Å². The molecule has 0 unspecified atom stereocenters. The van der Waals surface area contributed by atoms with E-state index < -0.39 is 10.0 Å². The van der Waals surface area contributed by atoms with Crippen LogP contribution in [0.15, 0.2) is 46.5 Å². The number of rotatable bonds is 6. The number of aromatic nitrogens is 4. The number of nitrogens with zero attached hydrogens (tertiary/aromatic N) is 4. The molecule has 0 aliphatic carbocycles. The van der Waals surface area contributed by atoms with Crippen molar-refractivity contribution in [3.8, 4) is 5.69 Å². The van der Waals surface area contributed by atoms with E-state index in [1.54, 1.807) is 6.92 Å². The van der Waals surface area contributed by atoms with E-state index in [2.05, 4.69) is 34.6 Å². The smallest absolute Gasteiger partial charge is 0.238 e. The van der Waals surface area contributed by atoms with Crippen molar-refractivity contribution in [3.63, 3.8) is 0 Å². The molecule has 0 aliphatic heterocycles. The number of nitrogens with two attached hydrogens (primary N) is 1. The fourth-order valence-electron chi connectivity index (χ4n) is 3.96. The summed E-state index contributed by atoms with van der Waals surface area (Å²) >= 11 is 1.26. The van der Waals surface area contributed by atoms with Gasteiger partial charge in [-0.1, -0.05) is 23.9 Å².